The number of para-hydroxylation sites is 2. The Morgan fingerprint density at radius 1 is 1.24 bits per heavy atom. The average molecular weight is 337 g/mol. The molecule has 0 radical (unpaired) electrons. The fraction of sp³-hybridized carbons (Fsp3) is 0.278. The molecule has 1 aromatic carbocycles. The number of hydrogen-bond donors (Lipinski definition) is 1. The molecule has 0 aliphatic carbocycles. The minimum atomic E-state index is -0.383. The van der Waals surface area contributed by atoms with Crippen LogP contribution in [0.5, 0.6) is 0 Å². The second kappa shape index (κ2) is 6.18. The smallest absolute Gasteiger partial charge is 0.406 e. The van der Waals surface area contributed by atoms with Gasteiger partial charge in [0.1, 0.15) is 5.82 Å². The van der Waals surface area contributed by atoms with Gasteiger partial charge in [-0.15, -0.1) is 0 Å². The van der Waals surface area contributed by atoms with Crippen molar-refractivity contribution in [2.75, 3.05) is 6.54 Å². The Hall–Kier alpha value is -2.93. The fourth-order valence-corrected chi connectivity index (χ4v) is 3.13. The van der Waals surface area contributed by atoms with E-state index in [2.05, 4.69) is 27.9 Å². The molecule has 0 aliphatic heterocycles. The summed E-state index contributed by atoms with van der Waals surface area (Å²) in [5.74, 6) is 0.578. The summed E-state index contributed by atoms with van der Waals surface area (Å²) in [6.45, 7) is 3.16. The van der Waals surface area contributed by atoms with E-state index in [0.29, 0.717) is 24.3 Å². The molecule has 0 bridgehead atoms. The van der Waals surface area contributed by atoms with Crippen LogP contribution in [0.3, 0.4) is 0 Å². The molecule has 0 spiro atoms. The lowest BCUT2D eigenvalue weighted by atomic mass is 10.3. The van der Waals surface area contributed by atoms with E-state index in [1.807, 2.05) is 25.2 Å². The second-order valence-corrected chi connectivity index (χ2v) is 6.04. The molecule has 3 heterocycles. The zero-order chi connectivity index (χ0) is 17.4. The Morgan fingerprint density at radius 2 is 2.08 bits per heavy atom. The van der Waals surface area contributed by atoms with Gasteiger partial charge in [-0.2, -0.15) is 0 Å². The first kappa shape index (κ1) is 15.6. The topological polar surface area (TPSA) is 77.9 Å². The SMILES string of the molecule is C[C@H](NCCn1c(=O)oc2cccnc21)c1nc2ccccc2n1C. The maximum Gasteiger partial charge on any atom is 0.421 e. The maximum atomic E-state index is 12.0. The van der Waals surface area contributed by atoms with Gasteiger partial charge >= 0.3 is 5.76 Å². The van der Waals surface area contributed by atoms with Crippen molar-refractivity contribution in [3.63, 3.8) is 0 Å². The zero-order valence-electron chi connectivity index (χ0n) is 14.1. The zero-order valence-corrected chi connectivity index (χ0v) is 14.1. The summed E-state index contributed by atoms with van der Waals surface area (Å²) in [6.07, 6.45) is 1.66. The van der Waals surface area contributed by atoms with E-state index < -0.39 is 0 Å². The van der Waals surface area contributed by atoms with E-state index in [1.165, 1.54) is 0 Å². The molecule has 128 valence electrons. The molecule has 3 aromatic heterocycles. The van der Waals surface area contributed by atoms with Crippen molar-refractivity contribution in [2.45, 2.75) is 19.5 Å². The van der Waals surface area contributed by atoms with Gasteiger partial charge in [0, 0.05) is 26.3 Å². The van der Waals surface area contributed by atoms with Crippen molar-refractivity contribution in [3.8, 4) is 0 Å². The van der Waals surface area contributed by atoms with Gasteiger partial charge in [-0.25, -0.2) is 14.8 Å². The number of aromatic nitrogens is 4. The number of oxazole rings is 1. The van der Waals surface area contributed by atoms with Crippen LogP contribution in [0.2, 0.25) is 0 Å². The van der Waals surface area contributed by atoms with Gasteiger partial charge in [-0.1, -0.05) is 12.1 Å². The highest BCUT2D eigenvalue weighted by atomic mass is 16.4. The number of pyridine rings is 1. The molecule has 1 atom stereocenters. The highest BCUT2D eigenvalue weighted by molar-refractivity contribution is 5.75. The number of nitrogens with one attached hydrogen (secondary N) is 1. The number of hydrogen-bond acceptors (Lipinski definition) is 5. The van der Waals surface area contributed by atoms with Gasteiger partial charge in [-0.3, -0.25) is 4.57 Å². The van der Waals surface area contributed by atoms with Crippen molar-refractivity contribution in [1.29, 1.82) is 0 Å². The summed E-state index contributed by atoms with van der Waals surface area (Å²) in [7, 11) is 2.01. The van der Waals surface area contributed by atoms with Crippen LogP contribution in [0.1, 0.15) is 18.8 Å². The summed E-state index contributed by atoms with van der Waals surface area (Å²) in [5, 5.41) is 3.42. The van der Waals surface area contributed by atoms with Crippen LogP contribution in [0, 0.1) is 0 Å². The van der Waals surface area contributed by atoms with Crippen molar-refractivity contribution in [2.24, 2.45) is 7.05 Å². The Balaban J connectivity index is 1.50. The van der Waals surface area contributed by atoms with Crippen LogP contribution in [0.15, 0.2) is 51.8 Å². The predicted molar refractivity (Wildman–Crippen MR) is 95.4 cm³/mol. The van der Waals surface area contributed by atoms with Gasteiger partial charge < -0.3 is 14.3 Å². The second-order valence-electron chi connectivity index (χ2n) is 6.04. The van der Waals surface area contributed by atoms with Crippen LogP contribution in [-0.2, 0) is 13.6 Å². The van der Waals surface area contributed by atoms with Crippen molar-refractivity contribution < 1.29 is 4.42 Å². The average Bonchev–Trinajstić information content (AvgIpc) is 3.13. The summed E-state index contributed by atoms with van der Waals surface area (Å²) >= 11 is 0. The number of imidazole rings is 1. The Labute approximate surface area is 143 Å². The van der Waals surface area contributed by atoms with Crippen molar-refractivity contribution in [3.05, 3.63) is 59.0 Å². The van der Waals surface area contributed by atoms with Crippen molar-refractivity contribution >= 4 is 22.3 Å². The van der Waals surface area contributed by atoms with Crippen LogP contribution < -0.4 is 11.1 Å². The number of nitrogens with zero attached hydrogens (tertiary/aromatic N) is 4. The summed E-state index contributed by atoms with van der Waals surface area (Å²) in [5.41, 5.74) is 3.17. The quantitative estimate of drug-likeness (QED) is 0.604. The third-order valence-corrected chi connectivity index (χ3v) is 4.42. The number of rotatable bonds is 5. The van der Waals surface area contributed by atoms with Gasteiger partial charge in [0.2, 0.25) is 0 Å². The number of fused-ring (bicyclic) bond motifs is 2. The first-order valence-electron chi connectivity index (χ1n) is 8.24. The lowest BCUT2D eigenvalue weighted by Crippen LogP contribution is -2.28. The van der Waals surface area contributed by atoms with Crippen LogP contribution in [0.4, 0.5) is 0 Å². The highest BCUT2D eigenvalue weighted by Crippen LogP contribution is 2.19. The molecule has 0 unspecified atom stereocenters. The van der Waals surface area contributed by atoms with E-state index in [0.717, 1.165) is 16.9 Å². The van der Waals surface area contributed by atoms with E-state index in [9.17, 15) is 4.79 Å². The van der Waals surface area contributed by atoms with Gasteiger partial charge in [-0.05, 0) is 31.2 Å². The maximum absolute atomic E-state index is 12.0. The minimum Gasteiger partial charge on any atom is -0.406 e. The van der Waals surface area contributed by atoms with E-state index in [4.69, 9.17) is 9.40 Å². The van der Waals surface area contributed by atoms with Crippen LogP contribution in [0.25, 0.3) is 22.3 Å². The van der Waals surface area contributed by atoms with E-state index in [1.54, 1.807) is 22.9 Å². The monoisotopic (exact) mass is 337 g/mol. The van der Waals surface area contributed by atoms with Crippen LogP contribution in [-0.4, -0.2) is 25.6 Å². The van der Waals surface area contributed by atoms with Crippen LogP contribution >= 0.6 is 0 Å². The Kier molecular flexibility index (Phi) is 3.85. The lowest BCUT2D eigenvalue weighted by molar-refractivity contribution is 0.468. The predicted octanol–water partition coefficient (Wildman–Crippen LogP) is 2.23. The summed E-state index contributed by atoms with van der Waals surface area (Å²) < 4.78 is 8.84. The molecule has 7 heteroatoms. The first-order chi connectivity index (χ1) is 12.1. The molecular formula is C18H19N5O2. The summed E-state index contributed by atoms with van der Waals surface area (Å²) in [4.78, 5) is 20.9. The van der Waals surface area contributed by atoms with Crippen molar-refractivity contribution in [1.82, 2.24) is 24.4 Å². The Bertz CT molecular complexity index is 1090. The fourth-order valence-electron chi connectivity index (χ4n) is 3.13. The molecule has 0 amide bonds. The Morgan fingerprint density at radius 3 is 2.92 bits per heavy atom. The molecule has 0 saturated carbocycles. The lowest BCUT2D eigenvalue weighted by Gasteiger charge is -2.13. The molecule has 0 aliphatic rings. The largest absolute Gasteiger partial charge is 0.421 e. The van der Waals surface area contributed by atoms with E-state index in [-0.39, 0.29) is 11.8 Å². The van der Waals surface area contributed by atoms with Gasteiger partial charge in [0.25, 0.3) is 0 Å². The molecule has 25 heavy (non-hydrogen) atoms. The molecule has 4 aromatic rings. The number of benzene rings is 1. The molecule has 0 fully saturated rings. The van der Waals surface area contributed by atoms with Gasteiger partial charge in [0.15, 0.2) is 11.2 Å². The third kappa shape index (κ3) is 2.72. The molecule has 0 saturated heterocycles. The molecule has 4 rings (SSSR count). The standard InChI is InChI=1S/C18H19N5O2/c1-12(16-21-13-6-3-4-7-14(13)22(16)2)19-10-11-23-17-15(25-18(23)24)8-5-9-20-17/h3-9,12,19H,10-11H2,1-2H3/t12-/m0/s1. The minimum absolute atomic E-state index is 0.0548. The molecule has 1 N–H and O–H groups in total. The molecule has 7 nitrogen and oxygen atoms in total. The number of aryl methyl sites for hydroxylation is 1. The van der Waals surface area contributed by atoms with E-state index >= 15 is 0 Å². The van der Waals surface area contributed by atoms with Gasteiger partial charge in [0.05, 0.1) is 17.1 Å². The first-order valence-corrected chi connectivity index (χ1v) is 8.24. The highest BCUT2D eigenvalue weighted by Gasteiger charge is 2.15. The summed E-state index contributed by atoms with van der Waals surface area (Å²) in [6, 6.07) is 11.6. The molecular weight excluding hydrogens is 318 g/mol. The third-order valence-electron chi connectivity index (χ3n) is 4.42. The normalized spacial score (nSPS) is 12.9.